The third-order valence-electron chi connectivity index (χ3n) is 3.34. The summed E-state index contributed by atoms with van der Waals surface area (Å²) in [4.78, 5) is 37.7. The molecule has 24 heavy (non-hydrogen) atoms. The van der Waals surface area contributed by atoms with Crippen LogP contribution >= 0.6 is 0 Å². The first-order chi connectivity index (χ1) is 11.6. The van der Waals surface area contributed by atoms with Crippen LogP contribution in [0.2, 0.25) is 0 Å². The summed E-state index contributed by atoms with van der Waals surface area (Å²) in [5.41, 5.74) is 0.439. The molecule has 0 saturated carbocycles. The molecule has 7 heteroatoms. The minimum absolute atomic E-state index is 0.173. The van der Waals surface area contributed by atoms with E-state index in [4.69, 9.17) is 9.15 Å². The number of para-hydroxylation sites is 1. The fourth-order valence-corrected chi connectivity index (χ4v) is 2.29. The largest absolute Gasteiger partial charge is 0.455 e. The number of rotatable bonds is 3. The normalized spacial score (nSPS) is 10.5. The molecule has 0 aliphatic heterocycles. The van der Waals surface area contributed by atoms with Crippen molar-refractivity contribution in [3.63, 3.8) is 0 Å². The van der Waals surface area contributed by atoms with E-state index < -0.39 is 6.09 Å². The lowest BCUT2D eigenvalue weighted by molar-refractivity contribution is 0.168. The summed E-state index contributed by atoms with van der Waals surface area (Å²) in [6, 6.07) is 9.35. The lowest BCUT2D eigenvalue weighted by Gasteiger charge is -2.10. The summed E-state index contributed by atoms with van der Waals surface area (Å²) in [5.74, 6) is 0.241. The standard InChI is InChI=1S/C17H14N2O5/c1-2-23-17(22)19-12-6-4-3-5-10(12)14-7-13(20)11-9-18-16(21)8-15(11)24-14/h3-9H,2H2,1H3,(H,18,21)(H,19,22). The van der Waals surface area contributed by atoms with Crippen LogP contribution in [0.4, 0.5) is 10.5 Å². The Bertz CT molecular complexity index is 1020. The van der Waals surface area contributed by atoms with Gasteiger partial charge in [-0.1, -0.05) is 12.1 Å². The highest BCUT2D eigenvalue weighted by Crippen LogP contribution is 2.28. The fraction of sp³-hybridized carbons (Fsp3) is 0.118. The van der Waals surface area contributed by atoms with Gasteiger partial charge in [0.25, 0.3) is 5.56 Å². The van der Waals surface area contributed by atoms with Gasteiger partial charge in [-0.15, -0.1) is 0 Å². The maximum Gasteiger partial charge on any atom is 0.411 e. The van der Waals surface area contributed by atoms with Crippen LogP contribution in [-0.2, 0) is 4.74 Å². The van der Waals surface area contributed by atoms with Crippen molar-refractivity contribution >= 4 is 22.7 Å². The SMILES string of the molecule is CCOC(=O)Nc1ccccc1-c1cc(=O)c2c[nH]c(=O)cc2o1. The molecule has 122 valence electrons. The summed E-state index contributed by atoms with van der Waals surface area (Å²) >= 11 is 0. The first-order valence-electron chi connectivity index (χ1n) is 7.28. The topological polar surface area (TPSA) is 101 Å². The zero-order chi connectivity index (χ0) is 17.1. The van der Waals surface area contributed by atoms with Crippen LogP contribution in [0.1, 0.15) is 6.92 Å². The summed E-state index contributed by atoms with van der Waals surface area (Å²) in [6.45, 7) is 1.94. The highest BCUT2D eigenvalue weighted by molar-refractivity contribution is 5.91. The number of aromatic amines is 1. The number of ether oxygens (including phenoxy) is 1. The molecule has 2 aromatic heterocycles. The van der Waals surface area contributed by atoms with E-state index in [2.05, 4.69) is 10.3 Å². The molecule has 1 amide bonds. The van der Waals surface area contributed by atoms with Gasteiger partial charge in [-0.25, -0.2) is 4.79 Å². The Morgan fingerprint density at radius 3 is 2.83 bits per heavy atom. The van der Waals surface area contributed by atoms with Crippen molar-refractivity contribution in [2.75, 3.05) is 11.9 Å². The van der Waals surface area contributed by atoms with Gasteiger partial charge in [0.1, 0.15) is 11.3 Å². The van der Waals surface area contributed by atoms with Crippen LogP contribution in [0.5, 0.6) is 0 Å². The van der Waals surface area contributed by atoms with E-state index in [1.54, 1.807) is 31.2 Å². The minimum atomic E-state index is -0.607. The molecule has 2 heterocycles. The number of nitrogens with one attached hydrogen (secondary N) is 2. The lowest BCUT2D eigenvalue weighted by Crippen LogP contribution is -2.14. The summed E-state index contributed by atoms with van der Waals surface area (Å²) < 4.78 is 10.5. The quantitative estimate of drug-likeness (QED) is 0.770. The third kappa shape index (κ3) is 3.05. The average Bonchev–Trinajstić information content (AvgIpc) is 2.55. The Labute approximate surface area is 135 Å². The molecule has 2 N–H and O–H groups in total. The van der Waals surface area contributed by atoms with Crippen molar-refractivity contribution in [1.29, 1.82) is 0 Å². The second-order valence-corrected chi connectivity index (χ2v) is 4.94. The molecular formula is C17H14N2O5. The number of pyridine rings is 1. The molecule has 3 aromatic rings. The monoisotopic (exact) mass is 326 g/mol. The lowest BCUT2D eigenvalue weighted by atomic mass is 10.1. The summed E-state index contributed by atoms with van der Waals surface area (Å²) in [6.07, 6.45) is 0.709. The number of H-pyrrole nitrogens is 1. The predicted molar refractivity (Wildman–Crippen MR) is 89.2 cm³/mol. The van der Waals surface area contributed by atoms with Gasteiger partial charge in [0, 0.05) is 23.9 Å². The van der Waals surface area contributed by atoms with Gasteiger partial charge in [0.05, 0.1) is 17.7 Å². The number of benzene rings is 1. The van der Waals surface area contributed by atoms with E-state index in [0.717, 1.165) is 0 Å². The molecule has 0 bridgehead atoms. The van der Waals surface area contributed by atoms with E-state index in [-0.39, 0.29) is 34.3 Å². The van der Waals surface area contributed by atoms with Crippen LogP contribution in [0.15, 0.2) is 56.6 Å². The maximum atomic E-state index is 12.2. The summed E-state index contributed by atoms with van der Waals surface area (Å²) in [5, 5.41) is 2.87. The van der Waals surface area contributed by atoms with Gasteiger partial charge < -0.3 is 14.1 Å². The highest BCUT2D eigenvalue weighted by atomic mass is 16.5. The van der Waals surface area contributed by atoms with Crippen molar-refractivity contribution in [2.45, 2.75) is 6.92 Å². The van der Waals surface area contributed by atoms with E-state index in [1.807, 2.05) is 0 Å². The minimum Gasteiger partial charge on any atom is -0.455 e. The number of hydrogen-bond acceptors (Lipinski definition) is 5. The van der Waals surface area contributed by atoms with E-state index >= 15 is 0 Å². The van der Waals surface area contributed by atoms with Crippen molar-refractivity contribution in [2.24, 2.45) is 0 Å². The van der Waals surface area contributed by atoms with Crippen LogP contribution in [0.3, 0.4) is 0 Å². The Balaban J connectivity index is 2.12. The summed E-state index contributed by atoms with van der Waals surface area (Å²) in [7, 11) is 0. The molecule has 0 unspecified atom stereocenters. The van der Waals surface area contributed by atoms with Crippen molar-refractivity contribution < 1.29 is 13.9 Å². The zero-order valence-corrected chi connectivity index (χ0v) is 12.8. The molecule has 0 saturated heterocycles. The van der Waals surface area contributed by atoms with Crippen LogP contribution < -0.4 is 16.3 Å². The smallest absolute Gasteiger partial charge is 0.411 e. The predicted octanol–water partition coefficient (Wildman–Crippen LogP) is 2.72. The first kappa shape index (κ1) is 15.5. The van der Waals surface area contributed by atoms with Gasteiger partial charge in [-0.3, -0.25) is 14.9 Å². The third-order valence-corrected chi connectivity index (χ3v) is 3.34. The van der Waals surface area contributed by atoms with Crippen LogP contribution in [0, 0.1) is 0 Å². The molecule has 0 radical (unpaired) electrons. The van der Waals surface area contributed by atoms with Gasteiger partial charge in [0.2, 0.25) is 0 Å². The van der Waals surface area contributed by atoms with Crippen molar-refractivity contribution in [3.05, 3.63) is 63.2 Å². The van der Waals surface area contributed by atoms with Crippen molar-refractivity contribution in [1.82, 2.24) is 4.98 Å². The Kier molecular flexibility index (Phi) is 4.15. The Hall–Kier alpha value is -3.35. The average molecular weight is 326 g/mol. The Morgan fingerprint density at radius 1 is 1.25 bits per heavy atom. The van der Waals surface area contributed by atoms with Gasteiger partial charge in [0.15, 0.2) is 5.43 Å². The Morgan fingerprint density at radius 2 is 2.04 bits per heavy atom. The molecule has 3 rings (SSSR count). The molecule has 0 aliphatic rings. The fourth-order valence-electron chi connectivity index (χ4n) is 2.29. The molecule has 0 aliphatic carbocycles. The number of aromatic nitrogens is 1. The van der Waals surface area contributed by atoms with Gasteiger partial charge in [-0.05, 0) is 19.1 Å². The number of amides is 1. The number of fused-ring (bicyclic) bond motifs is 1. The number of carbonyl (C=O) groups excluding carboxylic acids is 1. The van der Waals surface area contributed by atoms with Crippen molar-refractivity contribution in [3.8, 4) is 11.3 Å². The second kappa shape index (κ2) is 6.41. The van der Waals surface area contributed by atoms with Crippen LogP contribution in [0.25, 0.3) is 22.3 Å². The van der Waals surface area contributed by atoms with Gasteiger partial charge in [-0.2, -0.15) is 0 Å². The van der Waals surface area contributed by atoms with E-state index in [0.29, 0.717) is 11.3 Å². The molecule has 1 aromatic carbocycles. The first-order valence-corrected chi connectivity index (χ1v) is 7.28. The molecular weight excluding hydrogens is 312 g/mol. The van der Waals surface area contributed by atoms with Crippen LogP contribution in [-0.4, -0.2) is 17.7 Å². The van der Waals surface area contributed by atoms with E-state index in [9.17, 15) is 14.4 Å². The molecule has 0 atom stereocenters. The number of hydrogen-bond donors (Lipinski definition) is 2. The maximum absolute atomic E-state index is 12.2. The molecule has 7 nitrogen and oxygen atoms in total. The van der Waals surface area contributed by atoms with Gasteiger partial charge >= 0.3 is 6.09 Å². The van der Waals surface area contributed by atoms with E-state index in [1.165, 1.54) is 18.3 Å². The molecule has 0 spiro atoms. The number of anilines is 1. The second-order valence-electron chi connectivity index (χ2n) is 4.94. The highest BCUT2D eigenvalue weighted by Gasteiger charge is 2.13. The number of carbonyl (C=O) groups is 1. The molecule has 0 fully saturated rings. The zero-order valence-electron chi connectivity index (χ0n) is 12.8.